The van der Waals surface area contributed by atoms with Gasteiger partial charge in [-0.05, 0) is 116 Å². The molecular weight excluding hydrogens is 961 g/mol. The van der Waals surface area contributed by atoms with E-state index in [0.29, 0.717) is 19.3 Å². The molecule has 0 aromatic carbocycles. The van der Waals surface area contributed by atoms with Crippen molar-refractivity contribution in [2.45, 2.75) is 290 Å². The van der Waals surface area contributed by atoms with E-state index in [9.17, 15) is 14.4 Å². The molecule has 0 saturated carbocycles. The van der Waals surface area contributed by atoms with Crippen molar-refractivity contribution in [3.05, 3.63) is 134 Å². The minimum absolute atomic E-state index is 0.100. The molecule has 0 heterocycles. The molecule has 0 N–H and O–H groups in total. The fourth-order valence-corrected chi connectivity index (χ4v) is 8.59. The summed E-state index contributed by atoms with van der Waals surface area (Å²) in [4.78, 5) is 38.3. The Morgan fingerprint density at radius 2 is 0.513 bits per heavy atom. The molecule has 0 rings (SSSR count). The molecular formula is C72H118O6. The van der Waals surface area contributed by atoms with Crippen molar-refractivity contribution >= 4 is 17.9 Å². The minimum Gasteiger partial charge on any atom is -0.462 e. The number of allylic oxidation sites excluding steroid dienone is 22. The van der Waals surface area contributed by atoms with Crippen LogP contribution < -0.4 is 0 Å². The summed E-state index contributed by atoms with van der Waals surface area (Å²) >= 11 is 0. The van der Waals surface area contributed by atoms with E-state index in [1.165, 1.54) is 122 Å². The molecule has 6 heteroatoms. The Labute approximate surface area is 481 Å². The molecule has 1 atom stereocenters. The maximum Gasteiger partial charge on any atom is 0.306 e. The molecule has 78 heavy (non-hydrogen) atoms. The predicted octanol–water partition coefficient (Wildman–Crippen LogP) is 22.2. The van der Waals surface area contributed by atoms with Gasteiger partial charge in [-0.15, -0.1) is 0 Å². The zero-order valence-corrected chi connectivity index (χ0v) is 50.6. The highest BCUT2D eigenvalue weighted by Gasteiger charge is 2.19. The third-order valence-electron chi connectivity index (χ3n) is 13.4. The van der Waals surface area contributed by atoms with Gasteiger partial charge in [0, 0.05) is 19.3 Å². The molecule has 0 aromatic rings. The lowest BCUT2D eigenvalue weighted by molar-refractivity contribution is -0.167. The van der Waals surface area contributed by atoms with E-state index in [1.54, 1.807) is 0 Å². The highest BCUT2D eigenvalue weighted by atomic mass is 16.6. The van der Waals surface area contributed by atoms with Gasteiger partial charge in [0.2, 0.25) is 0 Å². The zero-order chi connectivity index (χ0) is 56.4. The molecule has 0 fully saturated rings. The number of rotatable bonds is 57. The van der Waals surface area contributed by atoms with Gasteiger partial charge in [0.1, 0.15) is 13.2 Å². The van der Waals surface area contributed by atoms with E-state index in [4.69, 9.17) is 14.2 Å². The van der Waals surface area contributed by atoms with Crippen LogP contribution in [0.15, 0.2) is 134 Å². The number of unbranched alkanes of at least 4 members (excludes halogenated alkanes) is 24. The van der Waals surface area contributed by atoms with Gasteiger partial charge >= 0.3 is 17.9 Å². The Kier molecular flexibility index (Phi) is 61.4. The highest BCUT2D eigenvalue weighted by Crippen LogP contribution is 2.15. The average molecular weight is 1080 g/mol. The second-order valence-corrected chi connectivity index (χ2v) is 20.9. The lowest BCUT2D eigenvalue weighted by atomic mass is 10.0. The Morgan fingerprint density at radius 1 is 0.269 bits per heavy atom. The SMILES string of the molecule is CC/C=C\C/C=C\C/C=C\C/C=C\C/C=C\C/C=C\C/C=C\C/C=C\C/C=C\CCCC(=O)OCC(COC(=O)CCCCCCCCCCCCCCC)OC(=O)CCCCCCCCC/C=C\C/C=C\CCCCCC. The molecule has 0 aromatic heterocycles. The fraction of sp³-hybridized carbons (Fsp3) is 0.653. The summed E-state index contributed by atoms with van der Waals surface area (Å²) in [7, 11) is 0. The van der Waals surface area contributed by atoms with Crippen LogP contribution in [0.5, 0.6) is 0 Å². The minimum atomic E-state index is -0.809. The van der Waals surface area contributed by atoms with Gasteiger partial charge in [0.05, 0.1) is 0 Å². The smallest absolute Gasteiger partial charge is 0.306 e. The standard InChI is InChI=1S/C72H118O6/c1-4-7-10-13-16-19-22-25-27-29-31-32-33-34-35-36-37-38-39-40-41-43-44-47-50-53-56-59-62-65-71(74)77-68-69(67-76-70(73)64-61-58-55-52-49-46-24-21-18-15-12-9-6-3)78-72(75)66-63-60-57-54-51-48-45-42-30-28-26-23-20-17-14-11-8-5-2/h7,10,16,19-20,23,25,27-28,30-32,34-35,37-38,40-41,44,47,53,56,69H,4-6,8-9,11-15,17-18,21-22,24,26,29,33,36,39,42-43,45-46,48-52,54-55,57-68H2,1-3H3/b10-7-,19-16-,23-20-,27-25-,30-28-,32-31-,35-34-,38-37-,41-40-,47-44-,56-53-. The first-order chi connectivity index (χ1) is 38.5. The average Bonchev–Trinajstić information content (AvgIpc) is 3.44. The largest absolute Gasteiger partial charge is 0.462 e. The molecule has 1 unspecified atom stereocenters. The molecule has 0 spiro atoms. The number of carbonyl (C=O) groups excluding carboxylic acids is 3. The molecule has 6 nitrogen and oxygen atoms in total. The van der Waals surface area contributed by atoms with Gasteiger partial charge in [-0.2, -0.15) is 0 Å². The van der Waals surface area contributed by atoms with Crippen molar-refractivity contribution in [2.24, 2.45) is 0 Å². The predicted molar refractivity (Wildman–Crippen MR) is 339 cm³/mol. The van der Waals surface area contributed by atoms with Gasteiger partial charge in [0.25, 0.3) is 0 Å². The molecule has 0 aliphatic carbocycles. The number of esters is 3. The molecule has 0 amide bonds. The normalized spacial score (nSPS) is 13.0. The van der Waals surface area contributed by atoms with E-state index >= 15 is 0 Å². The van der Waals surface area contributed by atoms with Crippen LogP contribution in [0.4, 0.5) is 0 Å². The van der Waals surface area contributed by atoms with E-state index < -0.39 is 6.10 Å². The summed E-state index contributed by atoms with van der Waals surface area (Å²) in [6, 6.07) is 0. The van der Waals surface area contributed by atoms with Gasteiger partial charge < -0.3 is 14.2 Å². The molecule has 0 aliphatic rings. The summed E-state index contributed by atoms with van der Waals surface area (Å²) in [5.41, 5.74) is 0. The van der Waals surface area contributed by atoms with Crippen LogP contribution in [-0.2, 0) is 28.6 Å². The Bertz CT molecular complexity index is 1670. The second-order valence-electron chi connectivity index (χ2n) is 20.9. The van der Waals surface area contributed by atoms with Crippen molar-refractivity contribution in [3.8, 4) is 0 Å². The third-order valence-corrected chi connectivity index (χ3v) is 13.4. The van der Waals surface area contributed by atoms with Crippen LogP contribution in [0.25, 0.3) is 0 Å². The van der Waals surface area contributed by atoms with Crippen molar-refractivity contribution in [3.63, 3.8) is 0 Å². The summed E-state index contributed by atoms with van der Waals surface area (Å²) in [6.07, 6.45) is 91.7. The first kappa shape index (κ1) is 73.5. The molecule has 0 saturated heterocycles. The Hall–Kier alpha value is -4.45. The molecule has 0 bridgehead atoms. The van der Waals surface area contributed by atoms with Gasteiger partial charge in [0.15, 0.2) is 6.10 Å². The number of hydrogen-bond donors (Lipinski definition) is 0. The maximum absolute atomic E-state index is 12.9. The van der Waals surface area contributed by atoms with E-state index in [0.717, 1.165) is 116 Å². The van der Waals surface area contributed by atoms with Crippen molar-refractivity contribution in [2.75, 3.05) is 13.2 Å². The Balaban J connectivity index is 4.45. The summed E-state index contributed by atoms with van der Waals surface area (Å²) in [6.45, 7) is 6.46. The molecule has 442 valence electrons. The third kappa shape index (κ3) is 62.4. The number of ether oxygens (including phenoxy) is 3. The number of carbonyl (C=O) groups is 3. The van der Waals surface area contributed by atoms with Crippen LogP contribution >= 0.6 is 0 Å². The van der Waals surface area contributed by atoms with E-state index in [2.05, 4.69) is 154 Å². The summed E-state index contributed by atoms with van der Waals surface area (Å²) < 4.78 is 16.9. The Morgan fingerprint density at radius 3 is 0.846 bits per heavy atom. The first-order valence-electron chi connectivity index (χ1n) is 32.2. The van der Waals surface area contributed by atoms with Gasteiger partial charge in [-0.25, -0.2) is 0 Å². The lowest BCUT2D eigenvalue weighted by Crippen LogP contribution is -2.30. The van der Waals surface area contributed by atoms with Crippen LogP contribution in [0.2, 0.25) is 0 Å². The van der Waals surface area contributed by atoms with Crippen LogP contribution in [-0.4, -0.2) is 37.2 Å². The van der Waals surface area contributed by atoms with E-state index in [1.807, 2.05) is 0 Å². The topological polar surface area (TPSA) is 78.9 Å². The molecule has 0 radical (unpaired) electrons. The van der Waals surface area contributed by atoms with Crippen LogP contribution in [0, 0.1) is 0 Å². The van der Waals surface area contributed by atoms with Crippen molar-refractivity contribution in [1.29, 1.82) is 0 Å². The lowest BCUT2D eigenvalue weighted by Gasteiger charge is -2.18. The molecule has 0 aliphatic heterocycles. The fourth-order valence-electron chi connectivity index (χ4n) is 8.59. The van der Waals surface area contributed by atoms with Crippen LogP contribution in [0.1, 0.15) is 284 Å². The van der Waals surface area contributed by atoms with Gasteiger partial charge in [-0.3, -0.25) is 14.4 Å². The number of hydrogen-bond acceptors (Lipinski definition) is 6. The quantitative estimate of drug-likeness (QED) is 0.0261. The summed E-state index contributed by atoms with van der Waals surface area (Å²) in [5, 5.41) is 0. The highest BCUT2D eigenvalue weighted by molar-refractivity contribution is 5.71. The zero-order valence-electron chi connectivity index (χ0n) is 50.6. The maximum atomic E-state index is 12.9. The monoisotopic (exact) mass is 1080 g/mol. The van der Waals surface area contributed by atoms with Crippen LogP contribution in [0.3, 0.4) is 0 Å². The van der Waals surface area contributed by atoms with Crippen molar-refractivity contribution in [1.82, 2.24) is 0 Å². The first-order valence-corrected chi connectivity index (χ1v) is 32.2. The van der Waals surface area contributed by atoms with Gasteiger partial charge in [-0.1, -0.05) is 283 Å². The second kappa shape index (κ2) is 65.1. The van der Waals surface area contributed by atoms with Crippen molar-refractivity contribution < 1.29 is 28.6 Å². The van der Waals surface area contributed by atoms with E-state index in [-0.39, 0.29) is 37.5 Å². The summed E-state index contributed by atoms with van der Waals surface area (Å²) in [5.74, 6) is -0.968.